The van der Waals surface area contributed by atoms with Gasteiger partial charge in [0, 0.05) is 94.1 Å². The van der Waals surface area contributed by atoms with Gasteiger partial charge in [-0.15, -0.1) is 0 Å². The lowest BCUT2D eigenvalue weighted by molar-refractivity contribution is 0.0950. The van der Waals surface area contributed by atoms with Gasteiger partial charge in [0.05, 0.1) is 47.7 Å². The van der Waals surface area contributed by atoms with Crippen LogP contribution < -0.4 is 45.7 Å². The maximum Gasteiger partial charge on any atom is 0.488 e. The molecule has 396 valence electrons. The van der Waals surface area contributed by atoms with Crippen LogP contribution in [0.15, 0.2) is 151 Å². The average molecular weight is 1120 g/mol. The first-order valence-corrected chi connectivity index (χ1v) is 24.2. The number of halogens is 3. The lowest BCUT2D eigenvalue weighted by Crippen LogP contribution is -2.29. The molecule has 78 heavy (non-hydrogen) atoms. The number of amides is 2. The van der Waals surface area contributed by atoms with Gasteiger partial charge >= 0.3 is 7.12 Å². The van der Waals surface area contributed by atoms with Crippen molar-refractivity contribution in [2.45, 2.75) is 0 Å². The molecule has 0 spiro atoms. The molecule has 0 bridgehead atoms. The van der Waals surface area contributed by atoms with E-state index in [-0.39, 0.29) is 34.7 Å². The highest BCUT2D eigenvalue weighted by atomic mass is 79.9. The number of nitrogens with one attached hydrogen (secondary N) is 4. The molecule has 0 radical (unpaired) electrons. The number of nitrogens with zero attached hydrogens (tertiary/aromatic N) is 8. The summed E-state index contributed by atoms with van der Waals surface area (Å²) in [5.74, 6) is 1.59. The van der Waals surface area contributed by atoms with Crippen molar-refractivity contribution in [2.24, 2.45) is 14.1 Å². The van der Waals surface area contributed by atoms with Gasteiger partial charge in [-0.05, 0) is 102 Å². The predicted octanol–water partition coefficient (Wildman–Crippen LogP) is 8.61. The fourth-order valence-corrected chi connectivity index (χ4v) is 8.11. The first kappa shape index (κ1) is 54.7. The number of pyridine rings is 4. The summed E-state index contributed by atoms with van der Waals surface area (Å²) < 4.78 is 55.7. The molecule has 6 N–H and O–H groups in total. The molecule has 0 aliphatic carbocycles. The molecule has 0 saturated carbocycles. The number of anilines is 4. The summed E-state index contributed by atoms with van der Waals surface area (Å²) >= 11 is 3.29. The van der Waals surface area contributed by atoms with Crippen LogP contribution in [0.1, 0.15) is 21.0 Å². The maximum absolute atomic E-state index is 14.9. The SMILES string of the molecule is CNC(=O)c1cc(Oc2ccc3c(c2)nc(Nc2cc(-c4ccncc4)cc(F)c2OC)n3C)ccn1.CNC(=O)c1cc(Oc2ccc3c(c2)nc(Nc2cc(Br)cc(F)c2OC)n3C)ccn1.OB(O)c1ccncc1. The summed E-state index contributed by atoms with van der Waals surface area (Å²) in [6.45, 7) is 0. The van der Waals surface area contributed by atoms with Crippen LogP contribution >= 0.6 is 15.9 Å². The van der Waals surface area contributed by atoms with Gasteiger partial charge in [0.2, 0.25) is 11.9 Å². The highest BCUT2D eigenvalue weighted by molar-refractivity contribution is 9.10. The molecule has 0 atom stereocenters. The molecule has 0 aliphatic rings. The number of carbonyl (C=O) groups excluding carboxylic acids is 2. The van der Waals surface area contributed by atoms with Gasteiger partial charge in [-0.25, -0.2) is 18.7 Å². The number of benzene rings is 4. The van der Waals surface area contributed by atoms with E-state index < -0.39 is 18.8 Å². The first-order chi connectivity index (χ1) is 37.7. The van der Waals surface area contributed by atoms with Crippen molar-refractivity contribution < 1.29 is 47.4 Å². The van der Waals surface area contributed by atoms with Gasteiger partial charge in [-0.2, -0.15) is 0 Å². The third-order valence-corrected chi connectivity index (χ3v) is 12.0. The molecule has 24 heteroatoms. The Morgan fingerprint density at radius 3 is 1.46 bits per heavy atom. The molecule has 0 unspecified atom stereocenters. The summed E-state index contributed by atoms with van der Waals surface area (Å²) in [6.07, 6.45) is 9.34. The monoisotopic (exact) mass is 1120 g/mol. The second kappa shape index (κ2) is 24.9. The third kappa shape index (κ3) is 12.9. The summed E-state index contributed by atoms with van der Waals surface area (Å²) in [5.41, 5.74) is 6.34. The van der Waals surface area contributed by atoms with Crippen molar-refractivity contribution >= 4 is 85.7 Å². The number of aromatic nitrogens is 8. The Labute approximate surface area is 453 Å². The largest absolute Gasteiger partial charge is 0.492 e. The number of hydrogen-bond acceptors (Lipinski definition) is 16. The number of hydrogen-bond donors (Lipinski definition) is 6. The van der Waals surface area contributed by atoms with Crippen molar-refractivity contribution in [3.63, 3.8) is 0 Å². The van der Waals surface area contributed by atoms with Crippen molar-refractivity contribution in [3.8, 4) is 45.6 Å². The molecule has 10 rings (SSSR count). The summed E-state index contributed by atoms with van der Waals surface area (Å²) in [4.78, 5) is 48.7. The van der Waals surface area contributed by atoms with Crippen LogP contribution in [0.4, 0.5) is 32.1 Å². The third-order valence-electron chi connectivity index (χ3n) is 11.5. The van der Waals surface area contributed by atoms with Crippen molar-refractivity contribution in [2.75, 3.05) is 38.9 Å². The number of fused-ring (bicyclic) bond motifs is 2. The van der Waals surface area contributed by atoms with Crippen LogP contribution in [0, 0.1) is 11.6 Å². The predicted molar refractivity (Wildman–Crippen MR) is 294 cm³/mol. The highest BCUT2D eigenvalue weighted by Crippen LogP contribution is 2.38. The lowest BCUT2D eigenvalue weighted by atomic mass is 9.81. The Hall–Kier alpha value is -9.52. The van der Waals surface area contributed by atoms with E-state index in [0.717, 1.165) is 16.6 Å². The van der Waals surface area contributed by atoms with E-state index >= 15 is 0 Å². The first-order valence-electron chi connectivity index (χ1n) is 23.4. The molecule has 0 saturated heterocycles. The Morgan fingerprint density at radius 2 is 1.01 bits per heavy atom. The van der Waals surface area contributed by atoms with Gasteiger partial charge < -0.3 is 59.4 Å². The number of aryl methyl sites for hydroxylation is 2. The van der Waals surface area contributed by atoms with Crippen LogP contribution in [-0.2, 0) is 14.1 Å². The quantitative estimate of drug-likeness (QED) is 0.0558. The van der Waals surface area contributed by atoms with E-state index in [1.54, 1.807) is 85.2 Å². The maximum atomic E-state index is 14.9. The van der Waals surface area contributed by atoms with Crippen LogP contribution in [-0.4, -0.2) is 96.3 Å². The van der Waals surface area contributed by atoms with E-state index in [4.69, 9.17) is 29.0 Å². The second-order valence-corrected chi connectivity index (χ2v) is 17.5. The van der Waals surface area contributed by atoms with Crippen LogP contribution in [0.2, 0.25) is 0 Å². The Kier molecular flexibility index (Phi) is 17.5. The van der Waals surface area contributed by atoms with Gasteiger partial charge in [0.25, 0.3) is 11.8 Å². The zero-order valence-electron chi connectivity index (χ0n) is 42.5. The molecule has 2 amide bonds. The number of carbonyl (C=O) groups is 2. The Bertz CT molecular complexity index is 3760. The molecule has 4 aromatic carbocycles. The van der Waals surface area contributed by atoms with E-state index in [1.165, 1.54) is 65.2 Å². The van der Waals surface area contributed by atoms with Gasteiger partial charge in [0.1, 0.15) is 34.4 Å². The van der Waals surface area contributed by atoms with E-state index in [1.807, 2.05) is 47.5 Å². The normalized spacial score (nSPS) is 10.6. The van der Waals surface area contributed by atoms with Gasteiger partial charge in [-0.3, -0.25) is 29.5 Å². The minimum atomic E-state index is -1.38. The van der Waals surface area contributed by atoms with Gasteiger partial charge in [-0.1, -0.05) is 15.9 Å². The topological polar surface area (TPSA) is 247 Å². The van der Waals surface area contributed by atoms with Gasteiger partial charge in [0.15, 0.2) is 23.1 Å². The Balaban J connectivity index is 0.000000179. The molecule has 6 heterocycles. The molecule has 0 aliphatic heterocycles. The summed E-state index contributed by atoms with van der Waals surface area (Å²) in [7, 11) is 8.22. The molecule has 10 aromatic rings. The standard InChI is InChI=1S/C27H23FN6O3.C22H19BrFN5O3.C5H6BNO2/c1-29-26(35)23-15-19(8-11-31-23)37-18-4-5-24-21(14-18)32-27(34(24)2)33-22-13-17(12-20(28)25(22)36-3)16-6-9-30-10-7-16;1-25-21(30)18-11-14(6-7-26-18)32-13-4-5-19-16(10-13)27-22(29(19)2)28-17-9-12(23)8-15(24)20(17)31-3;8-6(9)5-1-3-7-4-2-5/h4-15H,1-3H3,(H,29,35)(H,32,33);4-11H,1-3H3,(H,25,30)(H,27,28);1-4,8-9H. The molecular formula is C54H48BBrF2N12O8. The summed E-state index contributed by atoms with van der Waals surface area (Å²) in [6, 6.07) is 30.3. The minimum Gasteiger partial charge on any atom is -0.492 e. The number of rotatable bonds is 14. The van der Waals surface area contributed by atoms with Crippen molar-refractivity contribution in [3.05, 3.63) is 174 Å². The van der Waals surface area contributed by atoms with Crippen LogP contribution in [0.3, 0.4) is 0 Å². The molecule has 0 fully saturated rings. The number of methoxy groups -OCH3 is 2. The molecule has 6 aromatic heterocycles. The van der Waals surface area contributed by atoms with Crippen LogP contribution in [0.25, 0.3) is 33.2 Å². The van der Waals surface area contributed by atoms with Crippen LogP contribution in [0.5, 0.6) is 34.5 Å². The molecule has 20 nitrogen and oxygen atoms in total. The fraction of sp³-hybridized carbons (Fsp3) is 0.111. The average Bonchev–Trinajstić information content (AvgIpc) is 3.96. The highest BCUT2D eigenvalue weighted by Gasteiger charge is 2.19. The Morgan fingerprint density at radius 1 is 0.564 bits per heavy atom. The van der Waals surface area contributed by atoms with E-state index in [9.17, 15) is 18.4 Å². The van der Waals surface area contributed by atoms with E-state index in [0.29, 0.717) is 72.8 Å². The number of imidazole rings is 2. The molecular weight excluding hydrogens is 1070 g/mol. The fourth-order valence-electron chi connectivity index (χ4n) is 7.68. The van der Waals surface area contributed by atoms with Crippen molar-refractivity contribution in [1.82, 2.24) is 49.7 Å². The summed E-state index contributed by atoms with van der Waals surface area (Å²) in [5, 5.41) is 28.5. The lowest BCUT2D eigenvalue weighted by Gasteiger charge is -2.14. The zero-order chi connectivity index (χ0) is 55.5. The van der Waals surface area contributed by atoms with Crippen molar-refractivity contribution in [1.29, 1.82) is 0 Å². The zero-order valence-corrected chi connectivity index (χ0v) is 44.1. The second-order valence-electron chi connectivity index (χ2n) is 16.6. The smallest absolute Gasteiger partial charge is 0.488 e. The number of ether oxygens (including phenoxy) is 4. The minimum absolute atomic E-state index is 0.0819. The van der Waals surface area contributed by atoms with E-state index in [2.05, 4.69) is 67.1 Å².